The van der Waals surface area contributed by atoms with E-state index in [9.17, 15) is 0 Å². The first-order chi connectivity index (χ1) is 14.2. The highest BCUT2D eigenvalue weighted by molar-refractivity contribution is 5.58. The Morgan fingerprint density at radius 3 is 2.52 bits per heavy atom. The highest BCUT2D eigenvalue weighted by atomic mass is 15.3. The largest absolute Gasteiger partial charge is 0.371 e. The maximum atomic E-state index is 4.83. The van der Waals surface area contributed by atoms with E-state index in [4.69, 9.17) is 4.98 Å². The summed E-state index contributed by atoms with van der Waals surface area (Å²) in [6.45, 7) is 6.99. The molecule has 5 fully saturated rings. The molecule has 0 N–H and O–H groups in total. The molecule has 29 heavy (non-hydrogen) atoms. The first-order valence-electron chi connectivity index (χ1n) is 11.6. The second kappa shape index (κ2) is 6.93. The number of anilines is 3. The van der Waals surface area contributed by atoms with Gasteiger partial charge in [0.05, 0.1) is 12.1 Å². The lowest BCUT2D eigenvalue weighted by Crippen LogP contribution is -2.50. The van der Waals surface area contributed by atoms with Gasteiger partial charge in [-0.15, -0.1) is 0 Å². The number of nitrogens with zero attached hydrogens (tertiary/aromatic N) is 4. The smallest absolute Gasteiger partial charge is 0.130 e. The Balaban J connectivity index is 1.24. The van der Waals surface area contributed by atoms with Crippen molar-refractivity contribution in [3.63, 3.8) is 0 Å². The Bertz CT molecular complexity index is 880. The quantitative estimate of drug-likeness (QED) is 0.773. The van der Waals surface area contributed by atoms with Crippen molar-refractivity contribution >= 4 is 17.2 Å². The summed E-state index contributed by atoms with van der Waals surface area (Å²) < 4.78 is 0. The lowest BCUT2D eigenvalue weighted by Gasteiger charge is -2.48. The zero-order valence-corrected chi connectivity index (χ0v) is 17.5. The van der Waals surface area contributed by atoms with Crippen LogP contribution in [-0.2, 0) is 0 Å². The molecule has 152 valence electrons. The van der Waals surface area contributed by atoms with E-state index in [1.165, 1.54) is 74.5 Å². The number of hydrogen-bond acceptors (Lipinski definition) is 4. The fourth-order valence-electron chi connectivity index (χ4n) is 6.44. The summed E-state index contributed by atoms with van der Waals surface area (Å²) in [6, 6.07) is 14.8. The Hall–Kier alpha value is -2.23. The van der Waals surface area contributed by atoms with Gasteiger partial charge in [-0.25, -0.2) is 4.98 Å². The maximum Gasteiger partial charge on any atom is 0.130 e. The van der Waals surface area contributed by atoms with E-state index in [0.717, 1.165) is 18.4 Å². The van der Waals surface area contributed by atoms with Gasteiger partial charge >= 0.3 is 0 Å². The first-order valence-corrected chi connectivity index (χ1v) is 11.6. The SMILES string of the molecule is Cc1cccc(N2CCC[C@@H]3[C@H]2CCN3c2cc(N3CC4CC(C4)C3)ccn2)c1. The summed E-state index contributed by atoms with van der Waals surface area (Å²) in [5, 5.41) is 0. The summed E-state index contributed by atoms with van der Waals surface area (Å²) in [5.41, 5.74) is 4.14. The zero-order valence-electron chi connectivity index (χ0n) is 17.5. The summed E-state index contributed by atoms with van der Waals surface area (Å²) in [7, 11) is 0. The molecule has 2 bridgehead atoms. The molecule has 7 rings (SSSR count). The lowest BCUT2D eigenvalue weighted by molar-refractivity contribution is 0.159. The maximum absolute atomic E-state index is 4.83. The van der Waals surface area contributed by atoms with Gasteiger partial charge in [-0.3, -0.25) is 0 Å². The van der Waals surface area contributed by atoms with E-state index in [-0.39, 0.29) is 0 Å². The van der Waals surface area contributed by atoms with Gasteiger partial charge < -0.3 is 14.7 Å². The molecule has 2 atom stereocenters. The normalized spacial score (nSPS) is 30.9. The van der Waals surface area contributed by atoms with Crippen LogP contribution in [0.15, 0.2) is 42.6 Å². The van der Waals surface area contributed by atoms with E-state index in [2.05, 4.69) is 58.0 Å². The molecule has 0 amide bonds. The summed E-state index contributed by atoms with van der Waals surface area (Å²) >= 11 is 0. The monoisotopic (exact) mass is 388 g/mol. The Morgan fingerprint density at radius 1 is 0.862 bits per heavy atom. The minimum atomic E-state index is 0.585. The molecule has 0 spiro atoms. The number of hydrogen-bond donors (Lipinski definition) is 0. The molecule has 0 radical (unpaired) electrons. The van der Waals surface area contributed by atoms with Crippen molar-refractivity contribution < 1.29 is 0 Å². The molecule has 1 saturated carbocycles. The summed E-state index contributed by atoms with van der Waals surface area (Å²) in [6.07, 6.45) is 8.74. The average molecular weight is 389 g/mol. The molecular weight excluding hydrogens is 356 g/mol. The topological polar surface area (TPSA) is 22.6 Å². The van der Waals surface area contributed by atoms with E-state index in [0.29, 0.717) is 12.1 Å². The number of aryl methyl sites for hydroxylation is 1. The van der Waals surface area contributed by atoms with Crippen LogP contribution in [-0.4, -0.2) is 43.2 Å². The van der Waals surface area contributed by atoms with Crippen LogP contribution in [0.4, 0.5) is 17.2 Å². The van der Waals surface area contributed by atoms with Gasteiger partial charge in [-0.05, 0) is 74.6 Å². The molecule has 0 unspecified atom stereocenters. The number of pyridine rings is 1. The van der Waals surface area contributed by atoms with Crippen molar-refractivity contribution in [1.29, 1.82) is 0 Å². The Kier molecular flexibility index (Phi) is 4.21. The van der Waals surface area contributed by atoms with Crippen LogP contribution in [0, 0.1) is 18.8 Å². The van der Waals surface area contributed by atoms with Crippen LogP contribution in [0.25, 0.3) is 0 Å². The molecule has 5 aliphatic rings. The number of piperidine rings is 3. The first kappa shape index (κ1) is 17.6. The second-order valence-electron chi connectivity index (χ2n) is 9.77. The average Bonchev–Trinajstić information content (AvgIpc) is 3.18. The standard InChI is InChI=1S/C25H32N4/c1-18-4-2-5-22(12-18)28-10-3-6-23-24(28)8-11-29(23)25-15-21(7-9-26-25)27-16-19-13-20(14-19)17-27/h2,4-5,7,9,12,15,19-20,23-24H,3,6,8,10-11,13-14,16-17H2,1H3/t19?,20?,23-,24-/m1/s1. The van der Waals surface area contributed by atoms with Crippen molar-refractivity contribution in [1.82, 2.24) is 4.98 Å². The highest BCUT2D eigenvalue weighted by Crippen LogP contribution is 2.42. The molecule has 5 heterocycles. The van der Waals surface area contributed by atoms with Crippen LogP contribution < -0.4 is 14.7 Å². The minimum absolute atomic E-state index is 0.585. The fourth-order valence-corrected chi connectivity index (χ4v) is 6.44. The molecule has 4 heteroatoms. The van der Waals surface area contributed by atoms with Gasteiger partial charge in [0.1, 0.15) is 5.82 Å². The van der Waals surface area contributed by atoms with Gasteiger partial charge in [0.15, 0.2) is 0 Å². The van der Waals surface area contributed by atoms with Gasteiger partial charge in [0, 0.05) is 49.8 Å². The number of benzene rings is 1. The molecule has 4 saturated heterocycles. The summed E-state index contributed by atoms with van der Waals surface area (Å²) in [5.74, 6) is 3.06. The van der Waals surface area contributed by atoms with Crippen molar-refractivity contribution in [2.24, 2.45) is 11.8 Å². The third-order valence-electron chi connectivity index (χ3n) is 7.82. The second-order valence-corrected chi connectivity index (χ2v) is 9.77. The van der Waals surface area contributed by atoms with Crippen molar-refractivity contribution in [3.05, 3.63) is 48.2 Å². The van der Waals surface area contributed by atoms with Crippen molar-refractivity contribution in [3.8, 4) is 0 Å². The van der Waals surface area contributed by atoms with Gasteiger partial charge in [-0.1, -0.05) is 12.1 Å². The molecule has 1 aromatic carbocycles. The van der Waals surface area contributed by atoms with Gasteiger partial charge in [0.2, 0.25) is 0 Å². The van der Waals surface area contributed by atoms with Crippen molar-refractivity contribution in [2.45, 2.75) is 51.1 Å². The molecule has 1 aliphatic carbocycles. The van der Waals surface area contributed by atoms with Crippen molar-refractivity contribution in [2.75, 3.05) is 40.9 Å². The van der Waals surface area contributed by atoms with Crippen LogP contribution >= 0.6 is 0 Å². The Labute approximate surface area is 174 Å². The minimum Gasteiger partial charge on any atom is -0.371 e. The van der Waals surface area contributed by atoms with Crippen LogP contribution in [0.5, 0.6) is 0 Å². The van der Waals surface area contributed by atoms with E-state index in [1.807, 2.05) is 6.20 Å². The number of aromatic nitrogens is 1. The van der Waals surface area contributed by atoms with E-state index >= 15 is 0 Å². The predicted molar refractivity (Wildman–Crippen MR) is 120 cm³/mol. The number of fused-ring (bicyclic) bond motifs is 3. The van der Waals surface area contributed by atoms with E-state index in [1.54, 1.807) is 0 Å². The predicted octanol–water partition coefficient (Wildman–Crippen LogP) is 4.48. The zero-order chi connectivity index (χ0) is 19.4. The molecule has 4 aliphatic heterocycles. The molecule has 1 aromatic heterocycles. The Morgan fingerprint density at radius 2 is 1.69 bits per heavy atom. The van der Waals surface area contributed by atoms with Crippen LogP contribution in [0.3, 0.4) is 0 Å². The van der Waals surface area contributed by atoms with Gasteiger partial charge in [0.25, 0.3) is 0 Å². The highest BCUT2D eigenvalue weighted by Gasteiger charge is 2.41. The molecule has 4 nitrogen and oxygen atoms in total. The van der Waals surface area contributed by atoms with Gasteiger partial charge in [-0.2, -0.15) is 0 Å². The third kappa shape index (κ3) is 3.08. The molecular formula is C25H32N4. The summed E-state index contributed by atoms with van der Waals surface area (Å²) in [4.78, 5) is 12.7. The van der Waals surface area contributed by atoms with E-state index < -0.39 is 0 Å². The van der Waals surface area contributed by atoms with Crippen LogP contribution in [0.1, 0.15) is 37.7 Å². The van der Waals surface area contributed by atoms with Crippen LogP contribution in [0.2, 0.25) is 0 Å². The lowest BCUT2D eigenvalue weighted by atomic mass is 9.71. The fraction of sp³-hybridized carbons (Fsp3) is 0.560. The number of rotatable bonds is 3. The molecule has 2 aromatic rings. The third-order valence-corrected chi connectivity index (χ3v) is 7.82.